The van der Waals surface area contributed by atoms with Gasteiger partial charge in [0.2, 0.25) is 5.25 Å². The molecule has 0 spiro atoms. The van der Waals surface area contributed by atoms with Crippen LogP contribution < -0.4 is 0 Å². The molecule has 7 heteroatoms. The summed E-state index contributed by atoms with van der Waals surface area (Å²) in [6.45, 7) is 1.53. The minimum atomic E-state index is -4.22. The topological polar surface area (TPSA) is 77.5 Å². The van der Waals surface area contributed by atoms with E-state index in [1.165, 1.54) is 36.4 Å². The monoisotopic (exact) mass is 410 g/mol. The first-order chi connectivity index (χ1) is 11.4. The number of halogens is 1. The van der Waals surface area contributed by atoms with Gasteiger partial charge in [-0.3, -0.25) is 9.59 Å². The maximum atomic E-state index is 12.8. The summed E-state index contributed by atoms with van der Waals surface area (Å²) in [5.74, 6) is -1.89. The van der Waals surface area contributed by atoms with E-state index in [9.17, 15) is 18.0 Å². The normalized spacial score (nSPS) is 12.4. The number of benzene rings is 2. The van der Waals surface area contributed by atoms with Gasteiger partial charge in [-0.2, -0.15) is 0 Å². The minimum absolute atomic E-state index is 0.0206. The third kappa shape index (κ3) is 3.91. The molecule has 0 heterocycles. The summed E-state index contributed by atoms with van der Waals surface area (Å²) < 4.78 is 31.2. The average Bonchev–Trinajstić information content (AvgIpc) is 2.56. The van der Waals surface area contributed by atoms with E-state index >= 15 is 0 Å². The third-order valence-electron chi connectivity index (χ3n) is 3.25. The summed E-state index contributed by atoms with van der Waals surface area (Å²) in [6, 6.07) is 13.5. The smallest absolute Gasteiger partial charge is 0.332 e. The third-order valence-corrected chi connectivity index (χ3v) is 5.73. The zero-order valence-electron chi connectivity index (χ0n) is 12.8. The van der Waals surface area contributed by atoms with E-state index in [-0.39, 0.29) is 17.1 Å². The average molecular weight is 411 g/mol. The van der Waals surface area contributed by atoms with Crippen molar-refractivity contribution in [2.24, 2.45) is 0 Å². The number of carbonyl (C=O) groups is 2. The van der Waals surface area contributed by atoms with Crippen LogP contribution in [0.4, 0.5) is 0 Å². The predicted octanol–water partition coefficient (Wildman–Crippen LogP) is 3.04. The largest absolute Gasteiger partial charge is 0.465 e. The summed E-state index contributed by atoms with van der Waals surface area (Å²) in [5.41, 5.74) is 0.121. The lowest BCUT2D eigenvalue weighted by atomic mass is 10.1. The first-order valence-corrected chi connectivity index (χ1v) is 9.47. The Balaban J connectivity index is 2.51. The molecular weight excluding hydrogens is 396 g/mol. The van der Waals surface area contributed by atoms with Gasteiger partial charge in [-0.15, -0.1) is 0 Å². The fourth-order valence-corrected chi connectivity index (χ4v) is 3.92. The molecule has 2 aromatic carbocycles. The Kier molecular flexibility index (Phi) is 5.90. The molecule has 0 radical (unpaired) electrons. The molecule has 1 unspecified atom stereocenters. The van der Waals surface area contributed by atoms with E-state index in [0.717, 1.165) is 4.47 Å². The van der Waals surface area contributed by atoms with E-state index in [4.69, 9.17) is 4.74 Å². The van der Waals surface area contributed by atoms with E-state index in [2.05, 4.69) is 15.9 Å². The molecule has 0 amide bonds. The molecule has 24 heavy (non-hydrogen) atoms. The zero-order chi connectivity index (χ0) is 17.7. The van der Waals surface area contributed by atoms with Crippen LogP contribution in [0.5, 0.6) is 0 Å². The maximum absolute atomic E-state index is 12.8. The number of hydrogen-bond acceptors (Lipinski definition) is 5. The van der Waals surface area contributed by atoms with Crippen molar-refractivity contribution >= 4 is 37.5 Å². The van der Waals surface area contributed by atoms with Crippen molar-refractivity contribution in [3.63, 3.8) is 0 Å². The lowest BCUT2D eigenvalue weighted by Crippen LogP contribution is -2.39. The lowest BCUT2D eigenvalue weighted by Gasteiger charge is -2.15. The molecule has 0 bridgehead atoms. The van der Waals surface area contributed by atoms with Crippen molar-refractivity contribution in [3.05, 3.63) is 64.6 Å². The van der Waals surface area contributed by atoms with Gasteiger partial charge in [0.05, 0.1) is 11.5 Å². The Morgan fingerprint density at radius 1 is 1.04 bits per heavy atom. The van der Waals surface area contributed by atoms with Gasteiger partial charge >= 0.3 is 5.97 Å². The van der Waals surface area contributed by atoms with Gasteiger partial charge in [-0.1, -0.05) is 46.3 Å². The van der Waals surface area contributed by atoms with Crippen LogP contribution in [-0.2, 0) is 19.4 Å². The molecule has 0 saturated heterocycles. The van der Waals surface area contributed by atoms with E-state index in [0.29, 0.717) is 0 Å². The van der Waals surface area contributed by atoms with Gasteiger partial charge < -0.3 is 4.74 Å². The highest BCUT2D eigenvalue weighted by atomic mass is 79.9. The van der Waals surface area contributed by atoms with E-state index in [1.807, 2.05) is 0 Å². The Morgan fingerprint density at radius 3 is 2.17 bits per heavy atom. The standard InChI is InChI=1S/C17H15BrO5S/c1-2-23-17(20)16(15(19)12-8-10-13(18)11-9-12)24(21,22)14-6-4-3-5-7-14/h3-11,16H,2H2,1H3. The number of rotatable bonds is 6. The molecule has 2 rings (SSSR count). The second-order valence-electron chi connectivity index (χ2n) is 4.86. The Hall–Kier alpha value is -1.99. The van der Waals surface area contributed by atoms with Crippen LogP contribution in [0.25, 0.3) is 0 Å². The fourth-order valence-electron chi connectivity index (χ4n) is 2.10. The quantitative estimate of drug-likeness (QED) is 0.415. The highest BCUT2D eigenvalue weighted by Gasteiger charge is 2.41. The zero-order valence-corrected chi connectivity index (χ0v) is 15.2. The SMILES string of the molecule is CCOC(=O)C(C(=O)c1ccc(Br)cc1)S(=O)(=O)c1ccccc1. The molecular formula is C17H15BrO5S. The number of sulfone groups is 1. The van der Waals surface area contributed by atoms with Gasteiger partial charge in [-0.05, 0) is 31.2 Å². The van der Waals surface area contributed by atoms with E-state index < -0.39 is 26.8 Å². The van der Waals surface area contributed by atoms with Crippen LogP contribution in [0.1, 0.15) is 17.3 Å². The second-order valence-corrected chi connectivity index (χ2v) is 7.81. The summed E-state index contributed by atoms with van der Waals surface area (Å²) in [6.07, 6.45) is 0. The molecule has 0 N–H and O–H groups in total. The maximum Gasteiger partial charge on any atom is 0.332 e. The number of ketones is 1. The fraction of sp³-hybridized carbons (Fsp3) is 0.176. The Morgan fingerprint density at radius 2 is 1.62 bits per heavy atom. The second kappa shape index (κ2) is 7.72. The van der Waals surface area contributed by atoms with Crippen LogP contribution in [0.15, 0.2) is 64.0 Å². The Bertz CT molecular complexity index is 829. The van der Waals surface area contributed by atoms with Crippen LogP contribution in [0.2, 0.25) is 0 Å². The van der Waals surface area contributed by atoms with Crippen molar-refractivity contribution in [2.45, 2.75) is 17.1 Å². The summed E-state index contributed by atoms with van der Waals surface area (Å²) >= 11 is 3.24. The molecule has 0 saturated carbocycles. The van der Waals surface area contributed by atoms with E-state index in [1.54, 1.807) is 25.1 Å². The number of hydrogen-bond donors (Lipinski definition) is 0. The molecule has 2 aromatic rings. The predicted molar refractivity (Wildman–Crippen MR) is 92.5 cm³/mol. The number of ether oxygens (including phenoxy) is 1. The first-order valence-electron chi connectivity index (χ1n) is 7.13. The van der Waals surface area contributed by atoms with Gasteiger partial charge in [0, 0.05) is 10.0 Å². The van der Waals surface area contributed by atoms with Crippen molar-refractivity contribution in [3.8, 4) is 0 Å². The summed E-state index contributed by atoms with van der Waals surface area (Å²) in [7, 11) is -4.22. The van der Waals surface area contributed by atoms with Gasteiger partial charge in [0.1, 0.15) is 0 Å². The van der Waals surface area contributed by atoms with Crippen molar-refractivity contribution in [1.29, 1.82) is 0 Å². The van der Waals surface area contributed by atoms with Gasteiger partial charge in [0.15, 0.2) is 15.6 Å². The first kappa shape index (κ1) is 18.4. The highest BCUT2D eigenvalue weighted by molar-refractivity contribution is 9.10. The Labute approximate surface area is 148 Å². The highest BCUT2D eigenvalue weighted by Crippen LogP contribution is 2.22. The lowest BCUT2D eigenvalue weighted by molar-refractivity contribution is -0.141. The van der Waals surface area contributed by atoms with Crippen LogP contribution in [0, 0.1) is 0 Å². The molecule has 0 aliphatic carbocycles. The molecule has 126 valence electrons. The van der Waals surface area contributed by atoms with Gasteiger partial charge in [0.25, 0.3) is 0 Å². The molecule has 0 aromatic heterocycles. The molecule has 0 aliphatic heterocycles. The molecule has 0 fully saturated rings. The van der Waals surface area contributed by atoms with Crippen molar-refractivity contribution in [2.75, 3.05) is 6.61 Å². The summed E-state index contributed by atoms with van der Waals surface area (Å²) in [5, 5.41) is -1.93. The molecule has 1 atom stereocenters. The number of carbonyl (C=O) groups excluding carboxylic acids is 2. The summed E-state index contributed by atoms with van der Waals surface area (Å²) in [4.78, 5) is 24.8. The van der Waals surface area contributed by atoms with Crippen LogP contribution >= 0.6 is 15.9 Å². The van der Waals surface area contributed by atoms with Gasteiger partial charge in [-0.25, -0.2) is 8.42 Å². The number of Topliss-reactive ketones (excluding diaryl/α,β-unsaturated/α-hetero) is 1. The van der Waals surface area contributed by atoms with Crippen molar-refractivity contribution in [1.82, 2.24) is 0 Å². The van der Waals surface area contributed by atoms with Crippen LogP contribution in [0.3, 0.4) is 0 Å². The number of esters is 1. The molecule has 0 aliphatic rings. The van der Waals surface area contributed by atoms with Crippen molar-refractivity contribution < 1.29 is 22.7 Å². The molecule has 5 nitrogen and oxygen atoms in total. The van der Waals surface area contributed by atoms with Crippen LogP contribution in [-0.4, -0.2) is 32.0 Å². The minimum Gasteiger partial charge on any atom is -0.465 e.